The number of nitrogens with zero attached hydrogens (tertiary/aromatic N) is 1. The van der Waals surface area contributed by atoms with E-state index in [0.717, 1.165) is 18.2 Å². The highest BCUT2D eigenvalue weighted by Crippen LogP contribution is 2.18. The molecule has 0 fully saturated rings. The highest BCUT2D eigenvalue weighted by molar-refractivity contribution is 7.88. The average molecular weight is 342 g/mol. The first-order chi connectivity index (χ1) is 10.8. The van der Waals surface area contributed by atoms with Gasteiger partial charge in [0.25, 0.3) is 0 Å². The van der Waals surface area contributed by atoms with Gasteiger partial charge in [0.05, 0.1) is 19.9 Å². The first kappa shape index (κ1) is 19.4. The molecular formula is C16H26N2O4S. The van der Waals surface area contributed by atoms with E-state index in [1.807, 2.05) is 38.1 Å². The molecular weight excluding hydrogens is 316 g/mol. The second-order valence-electron chi connectivity index (χ2n) is 5.54. The van der Waals surface area contributed by atoms with Gasteiger partial charge in [0.15, 0.2) is 0 Å². The van der Waals surface area contributed by atoms with Gasteiger partial charge in [0, 0.05) is 12.6 Å². The summed E-state index contributed by atoms with van der Waals surface area (Å²) in [6, 6.07) is 7.47. The van der Waals surface area contributed by atoms with Gasteiger partial charge in [-0.15, -0.1) is 0 Å². The number of para-hydroxylation sites is 1. The maximum atomic E-state index is 12.0. The number of rotatable bonds is 9. The quantitative estimate of drug-likeness (QED) is 0.736. The van der Waals surface area contributed by atoms with Crippen LogP contribution in [0, 0.1) is 0 Å². The number of benzene rings is 1. The van der Waals surface area contributed by atoms with Crippen LogP contribution < -0.4 is 10.1 Å². The molecule has 0 aliphatic rings. The maximum absolute atomic E-state index is 12.0. The zero-order valence-corrected chi connectivity index (χ0v) is 15.0. The molecule has 0 radical (unpaired) electrons. The highest BCUT2D eigenvalue weighted by Gasteiger charge is 2.21. The molecule has 23 heavy (non-hydrogen) atoms. The van der Waals surface area contributed by atoms with Crippen molar-refractivity contribution in [2.45, 2.75) is 32.7 Å². The van der Waals surface area contributed by atoms with Crippen molar-refractivity contribution in [3.8, 4) is 5.75 Å². The summed E-state index contributed by atoms with van der Waals surface area (Å²) in [4.78, 5) is 12.0. The van der Waals surface area contributed by atoms with Crippen LogP contribution in [0.15, 0.2) is 24.3 Å². The molecule has 0 saturated heterocycles. The molecule has 1 rings (SSSR count). The lowest BCUT2D eigenvalue weighted by Crippen LogP contribution is -2.43. The number of hydrogen-bond donors (Lipinski definition) is 1. The fourth-order valence-electron chi connectivity index (χ4n) is 2.10. The van der Waals surface area contributed by atoms with Crippen molar-refractivity contribution in [2.75, 3.05) is 26.5 Å². The molecule has 0 spiro atoms. The molecule has 1 N–H and O–H groups in total. The Balaban J connectivity index is 2.75. The fourth-order valence-corrected chi connectivity index (χ4v) is 2.87. The molecule has 1 unspecified atom stereocenters. The number of methoxy groups -OCH3 is 1. The van der Waals surface area contributed by atoms with Gasteiger partial charge in [-0.25, -0.2) is 8.42 Å². The second kappa shape index (κ2) is 8.88. The average Bonchev–Trinajstić information content (AvgIpc) is 2.50. The van der Waals surface area contributed by atoms with Crippen LogP contribution in [0.2, 0.25) is 0 Å². The zero-order chi connectivity index (χ0) is 17.5. The van der Waals surface area contributed by atoms with E-state index in [1.165, 1.54) is 4.31 Å². The number of carbonyl (C=O) groups excluding carboxylic acids is 1. The Morgan fingerprint density at radius 3 is 2.57 bits per heavy atom. The molecule has 0 aliphatic carbocycles. The molecule has 1 atom stereocenters. The van der Waals surface area contributed by atoms with Gasteiger partial charge in [0.2, 0.25) is 15.9 Å². The van der Waals surface area contributed by atoms with Crippen LogP contribution in [0.25, 0.3) is 0 Å². The van der Waals surface area contributed by atoms with Gasteiger partial charge in [-0.2, -0.15) is 4.31 Å². The van der Waals surface area contributed by atoms with Crippen LogP contribution in [0.5, 0.6) is 5.75 Å². The lowest BCUT2D eigenvalue weighted by molar-refractivity contribution is -0.121. The lowest BCUT2D eigenvalue weighted by atomic mass is 10.1. The van der Waals surface area contributed by atoms with Gasteiger partial charge in [-0.05, 0) is 31.4 Å². The molecule has 1 amide bonds. The predicted octanol–water partition coefficient (Wildman–Crippen LogP) is 1.41. The monoisotopic (exact) mass is 342 g/mol. The minimum atomic E-state index is -3.46. The number of carbonyl (C=O) groups is 1. The molecule has 0 aliphatic heterocycles. The predicted molar refractivity (Wildman–Crippen MR) is 91.0 cm³/mol. The SMILES string of the molecule is CCC(C)NC(=O)CN(CCc1ccccc1OC)S(C)(=O)=O. The smallest absolute Gasteiger partial charge is 0.235 e. The first-order valence-corrected chi connectivity index (χ1v) is 9.49. The largest absolute Gasteiger partial charge is 0.496 e. The van der Waals surface area contributed by atoms with E-state index in [-0.39, 0.29) is 25.0 Å². The van der Waals surface area contributed by atoms with Gasteiger partial charge < -0.3 is 10.1 Å². The zero-order valence-electron chi connectivity index (χ0n) is 14.2. The van der Waals surface area contributed by atoms with Crippen molar-refractivity contribution in [2.24, 2.45) is 0 Å². The molecule has 0 heterocycles. The van der Waals surface area contributed by atoms with E-state index in [9.17, 15) is 13.2 Å². The molecule has 130 valence electrons. The molecule has 1 aromatic rings. The van der Waals surface area contributed by atoms with Crippen LogP contribution >= 0.6 is 0 Å². The molecule has 7 heteroatoms. The van der Waals surface area contributed by atoms with E-state index < -0.39 is 10.0 Å². The summed E-state index contributed by atoms with van der Waals surface area (Å²) >= 11 is 0. The second-order valence-corrected chi connectivity index (χ2v) is 7.52. The van der Waals surface area contributed by atoms with Gasteiger partial charge in [-0.1, -0.05) is 25.1 Å². The Kier molecular flexibility index (Phi) is 7.51. The first-order valence-electron chi connectivity index (χ1n) is 7.64. The maximum Gasteiger partial charge on any atom is 0.235 e. The van der Waals surface area contributed by atoms with Crippen molar-refractivity contribution in [3.63, 3.8) is 0 Å². The third kappa shape index (κ3) is 6.58. The fraction of sp³-hybridized carbons (Fsp3) is 0.562. The summed E-state index contributed by atoms with van der Waals surface area (Å²) in [5, 5.41) is 2.78. The Morgan fingerprint density at radius 2 is 2.00 bits per heavy atom. The van der Waals surface area contributed by atoms with Gasteiger partial charge in [0.1, 0.15) is 5.75 Å². The summed E-state index contributed by atoms with van der Waals surface area (Å²) in [6.07, 6.45) is 2.39. The van der Waals surface area contributed by atoms with E-state index in [0.29, 0.717) is 12.2 Å². The normalized spacial score (nSPS) is 12.9. The van der Waals surface area contributed by atoms with E-state index in [4.69, 9.17) is 4.74 Å². The Morgan fingerprint density at radius 1 is 1.35 bits per heavy atom. The van der Waals surface area contributed by atoms with Crippen LogP contribution in [-0.4, -0.2) is 51.1 Å². The van der Waals surface area contributed by atoms with Crippen LogP contribution in [0.1, 0.15) is 25.8 Å². The molecule has 0 saturated carbocycles. The summed E-state index contributed by atoms with van der Waals surface area (Å²) < 4.78 is 30.3. The Labute approximate surface area is 138 Å². The number of amides is 1. The third-order valence-corrected chi connectivity index (χ3v) is 4.88. The van der Waals surface area contributed by atoms with Crippen molar-refractivity contribution >= 4 is 15.9 Å². The summed E-state index contributed by atoms with van der Waals surface area (Å²) in [7, 11) is -1.88. The van der Waals surface area contributed by atoms with E-state index >= 15 is 0 Å². The van der Waals surface area contributed by atoms with E-state index in [1.54, 1.807) is 7.11 Å². The van der Waals surface area contributed by atoms with Crippen LogP contribution in [0.3, 0.4) is 0 Å². The Bertz CT molecular complexity index is 616. The summed E-state index contributed by atoms with van der Waals surface area (Å²) in [5.74, 6) is 0.426. The van der Waals surface area contributed by atoms with Crippen LogP contribution in [0.4, 0.5) is 0 Å². The molecule has 0 bridgehead atoms. The van der Waals surface area contributed by atoms with Crippen molar-refractivity contribution in [3.05, 3.63) is 29.8 Å². The molecule has 6 nitrogen and oxygen atoms in total. The summed E-state index contributed by atoms with van der Waals surface area (Å²) in [5.41, 5.74) is 0.908. The molecule has 0 aromatic heterocycles. The van der Waals surface area contributed by atoms with Crippen molar-refractivity contribution in [1.82, 2.24) is 9.62 Å². The minimum absolute atomic E-state index is 0.0260. The summed E-state index contributed by atoms with van der Waals surface area (Å²) in [6.45, 7) is 3.91. The number of nitrogens with one attached hydrogen (secondary N) is 1. The topological polar surface area (TPSA) is 75.7 Å². The lowest BCUT2D eigenvalue weighted by Gasteiger charge is -2.21. The van der Waals surface area contributed by atoms with Crippen molar-refractivity contribution in [1.29, 1.82) is 0 Å². The standard InChI is InChI=1S/C16H26N2O4S/c1-5-13(2)17-16(19)12-18(23(4,20)21)11-10-14-8-6-7-9-15(14)22-3/h6-9,13H,5,10-12H2,1-4H3,(H,17,19). The number of ether oxygens (including phenoxy) is 1. The van der Waals surface area contributed by atoms with Crippen molar-refractivity contribution < 1.29 is 17.9 Å². The van der Waals surface area contributed by atoms with Crippen LogP contribution in [-0.2, 0) is 21.2 Å². The highest BCUT2D eigenvalue weighted by atomic mass is 32.2. The number of sulfonamides is 1. The minimum Gasteiger partial charge on any atom is -0.496 e. The van der Waals surface area contributed by atoms with E-state index in [2.05, 4.69) is 5.32 Å². The van der Waals surface area contributed by atoms with Gasteiger partial charge in [-0.3, -0.25) is 4.79 Å². The number of hydrogen-bond acceptors (Lipinski definition) is 4. The third-order valence-electron chi connectivity index (χ3n) is 3.63. The Hall–Kier alpha value is -1.60. The van der Waals surface area contributed by atoms with Gasteiger partial charge >= 0.3 is 0 Å². The molecule has 1 aromatic carbocycles.